The minimum Gasteiger partial charge on any atom is -0.380 e. The van der Waals surface area contributed by atoms with E-state index >= 15 is 0 Å². The highest BCUT2D eigenvalue weighted by molar-refractivity contribution is 7.89. The Morgan fingerprint density at radius 1 is 1.23 bits per heavy atom. The van der Waals surface area contributed by atoms with Gasteiger partial charge < -0.3 is 10.5 Å². The van der Waals surface area contributed by atoms with Gasteiger partial charge in [-0.3, -0.25) is 0 Å². The first-order valence-corrected chi connectivity index (χ1v) is 8.95. The molecule has 1 saturated heterocycles. The van der Waals surface area contributed by atoms with Crippen LogP contribution >= 0.6 is 12.4 Å². The monoisotopic (exact) mass is 348 g/mol. The third-order valence-electron chi connectivity index (χ3n) is 3.77. The fraction of sp³-hybridized carbons (Fsp3) is 0.600. The van der Waals surface area contributed by atoms with E-state index in [1.54, 1.807) is 0 Å². The van der Waals surface area contributed by atoms with Gasteiger partial charge in [0.1, 0.15) is 0 Å². The highest BCUT2D eigenvalue weighted by Crippen LogP contribution is 2.19. The van der Waals surface area contributed by atoms with Crippen molar-refractivity contribution in [1.82, 2.24) is 4.31 Å². The molecule has 2 rings (SSSR count). The maximum atomic E-state index is 12.7. The molecule has 1 aliphatic rings. The van der Waals surface area contributed by atoms with Crippen molar-refractivity contribution in [3.05, 3.63) is 35.9 Å². The summed E-state index contributed by atoms with van der Waals surface area (Å²) < 4.78 is 32.2. The number of nitrogens with zero attached hydrogens (tertiary/aromatic N) is 1. The quantitative estimate of drug-likeness (QED) is 0.808. The van der Waals surface area contributed by atoms with Gasteiger partial charge in [-0.2, -0.15) is 0 Å². The summed E-state index contributed by atoms with van der Waals surface area (Å²) in [5.74, 6) is 0. The van der Waals surface area contributed by atoms with E-state index in [0.717, 1.165) is 12.0 Å². The average Bonchev–Trinajstić information content (AvgIpc) is 2.53. The predicted molar refractivity (Wildman–Crippen MR) is 90.8 cm³/mol. The number of rotatable bonds is 7. The molecule has 1 heterocycles. The van der Waals surface area contributed by atoms with Crippen LogP contribution in [-0.2, 0) is 21.2 Å². The summed E-state index contributed by atoms with van der Waals surface area (Å²) in [4.78, 5) is 0. The number of hydrogen-bond donors (Lipinski definition) is 1. The van der Waals surface area contributed by atoms with Gasteiger partial charge in [0.05, 0.1) is 11.9 Å². The van der Waals surface area contributed by atoms with Crippen LogP contribution in [0.4, 0.5) is 0 Å². The van der Waals surface area contributed by atoms with Gasteiger partial charge in [0.15, 0.2) is 0 Å². The van der Waals surface area contributed by atoms with E-state index in [1.165, 1.54) is 4.31 Å². The van der Waals surface area contributed by atoms with Crippen LogP contribution in [0.2, 0.25) is 0 Å². The Hall–Kier alpha value is -0.660. The molecule has 1 unspecified atom stereocenters. The van der Waals surface area contributed by atoms with Crippen molar-refractivity contribution in [3.8, 4) is 0 Å². The third kappa shape index (κ3) is 5.21. The summed E-state index contributed by atoms with van der Waals surface area (Å²) in [7, 11) is -3.33. The lowest BCUT2D eigenvalue weighted by atomic mass is 10.1. The zero-order valence-corrected chi connectivity index (χ0v) is 14.3. The third-order valence-corrected chi connectivity index (χ3v) is 6.07. The normalized spacial score (nSPS) is 18.9. The molecule has 126 valence electrons. The van der Waals surface area contributed by atoms with Gasteiger partial charge in [0.2, 0.25) is 10.0 Å². The van der Waals surface area contributed by atoms with Gasteiger partial charge in [-0.25, -0.2) is 12.7 Å². The van der Waals surface area contributed by atoms with Crippen LogP contribution in [0.3, 0.4) is 0 Å². The topological polar surface area (TPSA) is 72.6 Å². The number of ether oxygens (including phenoxy) is 1. The number of nitrogens with two attached hydrogens (primary N) is 1. The second kappa shape index (κ2) is 9.47. The molecule has 0 saturated carbocycles. The molecule has 0 aromatic heterocycles. The van der Waals surface area contributed by atoms with Crippen molar-refractivity contribution >= 4 is 22.4 Å². The van der Waals surface area contributed by atoms with Gasteiger partial charge >= 0.3 is 0 Å². The number of benzene rings is 1. The van der Waals surface area contributed by atoms with E-state index in [1.807, 2.05) is 30.3 Å². The number of halogens is 1. The second-order valence-electron chi connectivity index (χ2n) is 5.31. The molecule has 0 bridgehead atoms. The zero-order chi connectivity index (χ0) is 15.1. The molecule has 0 spiro atoms. The largest absolute Gasteiger partial charge is 0.380 e. The Labute approximate surface area is 139 Å². The summed E-state index contributed by atoms with van der Waals surface area (Å²) in [6.45, 7) is 2.13. The summed E-state index contributed by atoms with van der Waals surface area (Å²) in [5, 5.41) is -0.423. The average molecular weight is 349 g/mol. The highest BCUT2D eigenvalue weighted by Gasteiger charge is 2.32. The Bertz CT molecular complexity index is 519. The molecule has 1 atom stereocenters. The Kier molecular flexibility index (Phi) is 8.35. The van der Waals surface area contributed by atoms with E-state index in [2.05, 4.69) is 0 Å². The lowest BCUT2D eigenvalue weighted by Crippen LogP contribution is -2.45. The Morgan fingerprint density at radius 2 is 1.95 bits per heavy atom. The minimum absolute atomic E-state index is 0. The molecule has 0 radical (unpaired) electrons. The van der Waals surface area contributed by atoms with Gasteiger partial charge in [-0.1, -0.05) is 30.3 Å². The fourth-order valence-corrected chi connectivity index (χ4v) is 4.43. The summed E-state index contributed by atoms with van der Waals surface area (Å²) in [6, 6.07) is 9.91. The highest BCUT2D eigenvalue weighted by atomic mass is 35.5. The zero-order valence-electron chi connectivity index (χ0n) is 12.7. The maximum Gasteiger partial charge on any atom is 0.219 e. The van der Waals surface area contributed by atoms with Crippen molar-refractivity contribution in [2.45, 2.75) is 24.5 Å². The van der Waals surface area contributed by atoms with Crippen LogP contribution in [0.15, 0.2) is 30.3 Å². The first-order valence-electron chi connectivity index (χ1n) is 7.45. The lowest BCUT2D eigenvalue weighted by molar-refractivity contribution is 0.0975. The van der Waals surface area contributed by atoms with Gasteiger partial charge in [-0.05, 0) is 24.8 Å². The van der Waals surface area contributed by atoms with Gasteiger partial charge in [0.25, 0.3) is 0 Å². The number of sulfonamides is 1. The maximum absolute atomic E-state index is 12.7. The molecule has 22 heavy (non-hydrogen) atoms. The lowest BCUT2D eigenvalue weighted by Gasteiger charge is -2.29. The van der Waals surface area contributed by atoms with Crippen LogP contribution < -0.4 is 5.73 Å². The molecular weight excluding hydrogens is 324 g/mol. The first-order chi connectivity index (χ1) is 10.1. The van der Waals surface area contributed by atoms with E-state index in [-0.39, 0.29) is 12.4 Å². The molecule has 1 fully saturated rings. The van der Waals surface area contributed by atoms with Gasteiger partial charge in [0, 0.05) is 26.2 Å². The molecule has 2 N–H and O–H groups in total. The van der Waals surface area contributed by atoms with E-state index in [9.17, 15) is 8.42 Å². The van der Waals surface area contributed by atoms with Crippen molar-refractivity contribution in [1.29, 1.82) is 0 Å². The second-order valence-corrected chi connectivity index (χ2v) is 7.52. The number of hydrogen-bond acceptors (Lipinski definition) is 4. The Morgan fingerprint density at radius 3 is 2.55 bits per heavy atom. The molecule has 5 nitrogen and oxygen atoms in total. The van der Waals surface area contributed by atoms with E-state index < -0.39 is 15.3 Å². The standard InChI is InChI=1S/C15H24N2O3S.ClH/c16-9-11-17(10-8-14-5-2-1-3-6-14)21(18,19)15-7-4-12-20-13-15;/h1-3,5-6,15H,4,7-13,16H2;1H. The van der Waals surface area contributed by atoms with Crippen molar-refractivity contribution in [2.24, 2.45) is 5.73 Å². The minimum atomic E-state index is -3.33. The first kappa shape index (κ1) is 19.4. The molecular formula is C15H25ClN2O3S. The van der Waals surface area contributed by atoms with Crippen molar-refractivity contribution < 1.29 is 13.2 Å². The SMILES string of the molecule is Cl.NCCN(CCc1ccccc1)S(=O)(=O)C1CCCOC1. The van der Waals surface area contributed by atoms with Crippen LogP contribution in [0, 0.1) is 0 Å². The van der Waals surface area contributed by atoms with Gasteiger partial charge in [-0.15, -0.1) is 12.4 Å². The van der Waals surface area contributed by atoms with E-state index in [0.29, 0.717) is 45.7 Å². The van der Waals surface area contributed by atoms with Crippen LogP contribution in [0.25, 0.3) is 0 Å². The molecule has 7 heteroatoms. The molecule has 1 aliphatic heterocycles. The van der Waals surface area contributed by atoms with Crippen LogP contribution in [-0.4, -0.2) is 50.8 Å². The Balaban J connectivity index is 0.00000242. The molecule has 0 amide bonds. The summed E-state index contributed by atoms with van der Waals surface area (Å²) >= 11 is 0. The molecule has 1 aromatic carbocycles. The van der Waals surface area contributed by atoms with Crippen molar-refractivity contribution in [3.63, 3.8) is 0 Å². The van der Waals surface area contributed by atoms with Crippen LogP contribution in [0.5, 0.6) is 0 Å². The van der Waals surface area contributed by atoms with Crippen LogP contribution in [0.1, 0.15) is 18.4 Å². The van der Waals surface area contributed by atoms with Crippen molar-refractivity contribution in [2.75, 3.05) is 32.8 Å². The smallest absolute Gasteiger partial charge is 0.219 e. The summed E-state index contributed by atoms with van der Waals surface area (Å²) in [6.07, 6.45) is 2.18. The van der Waals surface area contributed by atoms with E-state index in [4.69, 9.17) is 10.5 Å². The fourth-order valence-electron chi connectivity index (χ4n) is 2.57. The predicted octanol–water partition coefficient (Wildman–Crippen LogP) is 1.42. The summed E-state index contributed by atoms with van der Waals surface area (Å²) in [5.41, 5.74) is 6.72. The molecule has 0 aliphatic carbocycles. The molecule has 1 aromatic rings.